The topological polar surface area (TPSA) is 86.5 Å². The van der Waals surface area contributed by atoms with E-state index in [9.17, 15) is 9.59 Å². The molecule has 1 aromatic heterocycles. The summed E-state index contributed by atoms with van der Waals surface area (Å²) in [7, 11) is 0. The quantitative estimate of drug-likeness (QED) is 0.481. The van der Waals surface area contributed by atoms with Crippen LogP contribution in [0.4, 0.5) is 4.79 Å². The van der Waals surface area contributed by atoms with Gasteiger partial charge in [0.05, 0.1) is 34.5 Å². The summed E-state index contributed by atoms with van der Waals surface area (Å²) in [6, 6.07) is 14.5. The molecule has 2 heterocycles. The normalized spacial score (nSPS) is 13.4. The Hall–Kier alpha value is -3.89. The van der Waals surface area contributed by atoms with E-state index in [4.69, 9.17) is 26.6 Å². The van der Waals surface area contributed by atoms with E-state index in [1.807, 2.05) is 19.1 Å². The number of hydrogen-bond acceptors (Lipinski definition) is 5. The molecule has 1 aliphatic heterocycles. The molecule has 8 heteroatoms. The van der Waals surface area contributed by atoms with E-state index in [1.54, 1.807) is 46.2 Å². The average Bonchev–Trinajstić information content (AvgIpc) is 2.91. The van der Waals surface area contributed by atoms with E-state index in [1.165, 1.54) is 0 Å². The molecule has 0 bridgehead atoms. The minimum absolute atomic E-state index is 0.126. The summed E-state index contributed by atoms with van der Waals surface area (Å²) >= 11 is 6.71. The second-order valence-electron chi connectivity index (χ2n) is 8.21. The van der Waals surface area contributed by atoms with Crippen molar-refractivity contribution in [2.24, 2.45) is 0 Å². The molecule has 0 unspecified atom stereocenters. The van der Waals surface area contributed by atoms with Crippen LogP contribution in [0.25, 0.3) is 28.2 Å². The monoisotopic (exact) mass is 488 g/mol. The van der Waals surface area contributed by atoms with E-state index >= 15 is 0 Å². The predicted molar refractivity (Wildman–Crippen MR) is 136 cm³/mol. The highest BCUT2D eigenvalue weighted by atomic mass is 35.5. The number of fused-ring (bicyclic) bond motifs is 1. The fourth-order valence-electron chi connectivity index (χ4n) is 4.04. The summed E-state index contributed by atoms with van der Waals surface area (Å²) < 4.78 is 5.19. The average molecular weight is 489 g/mol. The first kappa shape index (κ1) is 24.2. The Morgan fingerprint density at radius 1 is 1.14 bits per heavy atom. The number of pyridine rings is 1. The molecule has 1 saturated heterocycles. The molecule has 0 N–H and O–H groups in total. The van der Waals surface area contributed by atoms with Gasteiger partial charge in [-0.3, -0.25) is 4.79 Å². The van der Waals surface area contributed by atoms with Crippen LogP contribution in [0.3, 0.4) is 0 Å². The third-order valence-electron chi connectivity index (χ3n) is 5.95. The molecule has 0 atom stereocenters. The zero-order chi connectivity index (χ0) is 24.9. The number of hydrogen-bond donors (Lipinski definition) is 0. The Balaban J connectivity index is 1.60. The Bertz CT molecular complexity index is 1320. The smallest absolute Gasteiger partial charge is 0.409 e. The third-order valence-corrected chi connectivity index (χ3v) is 6.36. The highest BCUT2D eigenvalue weighted by molar-refractivity contribution is 6.37. The van der Waals surface area contributed by atoms with Crippen molar-refractivity contribution in [3.05, 3.63) is 70.8 Å². The number of ether oxygens (including phenoxy) is 1. The molecule has 1 aliphatic rings. The van der Waals surface area contributed by atoms with Gasteiger partial charge in [0, 0.05) is 48.3 Å². The number of nitriles is 1. The molecule has 0 spiro atoms. The summed E-state index contributed by atoms with van der Waals surface area (Å²) in [4.78, 5) is 33.4. The molecule has 0 radical (unpaired) electrons. The van der Waals surface area contributed by atoms with Crippen LogP contribution >= 0.6 is 11.6 Å². The predicted octanol–water partition coefficient (Wildman–Crippen LogP) is 5.37. The van der Waals surface area contributed by atoms with Crippen LogP contribution in [0.5, 0.6) is 0 Å². The van der Waals surface area contributed by atoms with E-state index in [2.05, 4.69) is 12.6 Å². The lowest BCUT2D eigenvalue weighted by Gasteiger charge is -2.34. The summed E-state index contributed by atoms with van der Waals surface area (Å²) in [5, 5.41) is 10.3. The zero-order valence-electron chi connectivity index (χ0n) is 19.5. The lowest BCUT2D eigenvalue weighted by molar-refractivity contribution is 0.0560. The molecule has 178 valence electrons. The number of carbonyl (C=O) groups excluding carboxylic acids is 2. The minimum Gasteiger partial charge on any atom is -0.449 e. The number of rotatable bonds is 5. The van der Waals surface area contributed by atoms with E-state index in [-0.39, 0.29) is 12.0 Å². The van der Waals surface area contributed by atoms with E-state index in [0.717, 1.165) is 17.4 Å². The summed E-state index contributed by atoms with van der Waals surface area (Å²) in [6.07, 6.45) is 2.09. The Morgan fingerprint density at radius 2 is 1.83 bits per heavy atom. The van der Waals surface area contributed by atoms with Gasteiger partial charge in [-0.15, -0.1) is 0 Å². The maximum Gasteiger partial charge on any atom is 0.409 e. The van der Waals surface area contributed by atoms with Crippen LogP contribution in [-0.2, 0) is 4.74 Å². The van der Waals surface area contributed by atoms with Gasteiger partial charge in [-0.05, 0) is 30.7 Å². The van der Waals surface area contributed by atoms with Crippen molar-refractivity contribution < 1.29 is 14.3 Å². The fourth-order valence-corrected chi connectivity index (χ4v) is 4.36. The highest BCUT2D eigenvalue weighted by Gasteiger charge is 2.26. The lowest BCUT2D eigenvalue weighted by Crippen LogP contribution is -2.50. The van der Waals surface area contributed by atoms with Gasteiger partial charge in [-0.25, -0.2) is 9.78 Å². The second-order valence-corrected chi connectivity index (χ2v) is 8.58. The molecule has 1 fully saturated rings. The Morgan fingerprint density at radius 3 is 2.46 bits per heavy atom. The van der Waals surface area contributed by atoms with Crippen molar-refractivity contribution in [3.63, 3.8) is 0 Å². The molecule has 2 aromatic carbocycles. The largest absolute Gasteiger partial charge is 0.449 e. The summed E-state index contributed by atoms with van der Waals surface area (Å²) in [5.41, 5.74) is 3.76. The molecule has 0 saturated carbocycles. The van der Waals surface area contributed by atoms with Gasteiger partial charge in [0.2, 0.25) is 0 Å². The number of benzene rings is 2. The molecule has 35 heavy (non-hydrogen) atoms. The van der Waals surface area contributed by atoms with Gasteiger partial charge in [0.25, 0.3) is 5.91 Å². The van der Waals surface area contributed by atoms with Gasteiger partial charge in [-0.1, -0.05) is 49.4 Å². The van der Waals surface area contributed by atoms with Crippen LogP contribution in [-0.4, -0.2) is 59.6 Å². The first-order valence-electron chi connectivity index (χ1n) is 11.4. The highest BCUT2D eigenvalue weighted by Crippen LogP contribution is 2.35. The molecule has 0 aliphatic carbocycles. The van der Waals surface area contributed by atoms with Gasteiger partial charge >= 0.3 is 6.09 Å². The number of carbonyl (C=O) groups is 2. The van der Waals surface area contributed by atoms with E-state index < -0.39 is 0 Å². The van der Waals surface area contributed by atoms with Crippen LogP contribution in [0.2, 0.25) is 5.02 Å². The Labute approximate surface area is 209 Å². The maximum atomic E-state index is 13.2. The maximum absolute atomic E-state index is 13.2. The van der Waals surface area contributed by atoms with E-state index in [0.29, 0.717) is 65.7 Å². The van der Waals surface area contributed by atoms with Gasteiger partial charge in [-0.2, -0.15) is 5.26 Å². The van der Waals surface area contributed by atoms with Crippen molar-refractivity contribution in [2.45, 2.75) is 13.3 Å². The molecule has 4 rings (SSSR count). The number of halogens is 1. The number of amides is 2. The molecule has 3 aromatic rings. The first-order valence-corrected chi connectivity index (χ1v) is 11.8. The lowest BCUT2D eigenvalue weighted by atomic mass is 10.0. The third kappa shape index (κ3) is 4.98. The standard InChI is InChI=1S/C27H25ClN4O3/c1-3-15-35-27(34)32-13-11-31(12-14-32)26(33)20-9-10-22-23(16-20)30-25(21(4-2)24(22)28)19-7-5-18(17-29)6-8-19/h4-10,16H,2-3,11-15H2,1H3. The second kappa shape index (κ2) is 10.6. The summed E-state index contributed by atoms with van der Waals surface area (Å²) in [6.45, 7) is 7.94. The molecule has 7 nitrogen and oxygen atoms in total. The van der Waals surface area contributed by atoms with Crippen molar-refractivity contribution >= 4 is 40.6 Å². The van der Waals surface area contributed by atoms with Crippen molar-refractivity contribution in [2.75, 3.05) is 32.8 Å². The van der Waals surface area contributed by atoms with Crippen molar-refractivity contribution in [1.82, 2.24) is 14.8 Å². The van der Waals surface area contributed by atoms with Crippen LogP contribution in [0.1, 0.15) is 34.8 Å². The fraction of sp³-hybridized carbons (Fsp3) is 0.259. The number of piperazine rings is 1. The molecular formula is C27H25ClN4O3. The van der Waals surface area contributed by atoms with Crippen LogP contribution in [0, 0.1) is 11.3 Å². The van der Waals surface area contributed by atoms with Gasteiger partial charge in [0.15, 0.2) is 0 Å². The summed E-state index contributed by atoms with van der Waals surface area (Å²) in [5.74, 6) is -0.126. The van der Waals surface area contributed by atoms with Crippen molar-refractivity contribution in [1.29, 1.82) is 5.26 Å². The van der Waals surface area contributed by atoms with Crippen LogP contribution in [0.15, 0.2) is 49.0 Å². The SMILES string of the molecule is C=Cc1c(-c2ccc(C#N)cc2)nc2cc(C(=O)N3CCN(C(=O)OCCC)CC3)ccc2c1Cl. The first-order chi connectivity index (χ1) is 17.0. The number of aromatic nitrogens is 1. The number of nitrogens with zero attached hydrogens (tertiary/aromatic N) is 4. The molecular weight excluding hydrogens is 464 g/mol. The van der Waals surface area contributed by atoms with Gasteiger partial charge in [0.1, 0.15) is 0 Å². The Kier molecular flexibility index (Phi) is 7.33. The van der Waals surface area contributed by atoms with Crippen LogP contribution < -0.4 is 0 Å². The van der Waals surface area contributed by atoms with Gasteiger partial charge < -0.3 is 14.5 Å². The molecule has 2 amide bonds. The zero-order valence-corrected chi connectivity index (χ0v) is 20.2. The minimum atomic E-state index is -0.336. The van der Waals surface area contributed by atoms with Crippen molar-refractivity contribution in [3.8, 4) is 17.3 Å².